The molecular weight excluding hydrogens is 519 g/mol. The van der Waals surface area contributed by atoms with Gasteiger partial charge in [-0.15, -0.1) is 39.4 Å². The lowest BCUT2D eigenvalue weighted by Gasteiger charge is -2.10. The molecule has 0 aliphatic heterocycles. The molecule has 188 valence electrons. The van der Waals surface area contributed by atoms with Crippen molar-refractivity contribution in [1.29, 1.82) is 5.26 Å². The highest BCUT2D eigenvalue weighted by Crippen LogP contribution is 2.40. The van der Waals surface area contributed by atoms with Crippen molar-refractivity contribution in [2.75, 3.05) is 11.1 Å². The minimum absolute atomic E-state index is 0.149. The van der Waals surface area contributed by atoms with Crippen molar-refractivity contribution in [3.05, 3.63) is 69.2 Å². The van der Waals surface area contributed by atoms with Crippen molar-refractivity contribution in [1.82, 2.24) is 14.8 Å². The molecule has 37 heavy (non-hydrogen) atoms. The number of aromatic nitrogens is 3. The van der Waals surface area contributed by atoms with E-state index in [0.29, 0.717) is 22.3 Å². The van der Waals surface area contributed by atoms with Crippen LogP contribution in [0.1, 0.15) is 40.1 Å². The Morgan fingerprint density at radius 3 is 2.84 bits per heavy atom. The summed E-state index contributed by atoms with van der Waals surface area (Å²) < 4.78 is 2.01. The topological polar surface area (TPSA) is 83.6 Å². The predicted molar refractivity (Wildman–Crippen MR) is 153 cm³/mol. The van der Waals surface area contributed by atoms with Crippen LogP contribution in [-0.2, 0) is 24.2 Å². The van der Waals surface area contributed by atoms with Crippen LogP contribution in [0.5, 0.6) is 0 Å². The number of nitriles is 1. The van der Waals surface area contributed by atoms with Crippen LogP contribution in [0.3, 0.4) is 0 Å². The summed E-state index contributed by atoms with van der Waals surface area (Å²) >= 11 is 4.59. The number of amides is 1. The zero-order chi connectivity index (χ0) is 25.8. The molecule has 0 atom stereocenters. The summed E-state index contributed by atoms with van der Waals surface area (Å²) in [6, 6.07) is 12.6. The molecule has 6 nitrogen and oxygen atoms in total. The average Bonchev–Trinajstić information content (AvgIpc) is 3.52. The van der Waals surface area contributed by atoms with Gasteiger partial charge in [0.05, 0.1) is 11.3 Å². The van der Waals surface area contributed by atoms with E-state index in [-0.39, 0.29) is 11.7 Å². The fourth-order valence-electron chi connectivity index (χ4n) is 4.71. The lowest BCUT2D eigenvalue weighted by atomic mass is 10.0. The molecule has 3 aromatic heterocycles. The van der Waals surface area contributed by atoms with E-state index in [1.165, 1.54) is 27.9 Å². The fraction of sp³-hybridized carbons (Fsp3) is 0.286. The second-order valence-electron chi connectivity index (χ2n) is 8.87. The van der Waals surface area contributed by atoms with Crippen molar-refractivity contribution in [3.63, 3.8) is 0 Å². The maximum atomic E-state index is 12.9. The smallest absolute Gasteiger partial charge is 0.235 e. The number of hydrogen-bond acceptors (Lipinski definition) is 7. The third-order valence-corrected chi connectivity index (χ3v) is 9.51. The highest BCUT2D eigenvalue weighted by molar-refractivity contribution is 7.99. The van der Waals surface area contributed by atoms with Gasteiger partial charge in [-0.05, 0) is 43.7 Å². The van der Waals surface area contributed by atoms with Gasteiger partial charge in [0.1, 0.15) is 11.1 Å². The molecule has 0 saturated heterocycles. The van der Waals surface area contributed by atoms with E-state index in [1.54, 1.807) is 22.7 Å². The lowest BCUT2D eigenvalue weighted by molar-refractivity contribution is -0.113. The van der Waals surface area contributed by atoms with Crippen LogP contribution in [-0.4, -0.2) is 26.4 Å². The molecule has 0 spiro atoms. The highest BCUT2D eigenvalue weighted by Gasteiger charge is 2.23. The van der Waals surface area contributed by atoms with Gasteiger partial charge in [-0.3, -0.25) is 9.36 Å². The van der Waals surface area contributed by atoms with Crippen molar-refractivity contribution >= 4 is 45.3 Å². The van der Waals surface area contributed by atoms with Gasteiger partial charge in [-0.25, -0.2) is 0 Å². The van der Waals surface area contributed by atoms with Crippen molar-refractivity contribution in [2.45, 2.75) is 50.7 Å². The summed E-state index contributed by atoms with van der Waals surface area (Å²) in [6.07, 6.45) is 7.14. The first-order valence-corrected chi connectivity index (χ1v) is 14.9. The minimum atomic E-state index is -0.149. The van der Waals surface area contributed by atoms with E-state index < -0.39 is 0 Å². The molecule has 1 N–H and O–H groups in total. The van der Waals surface area contributed by atoms with Gasteiger partial charge in [0.2, 0.25) is 5.91 Å². The van der Waals surface area contributed by atoms with Crippen LogP contribution in [0.4, 0.5) is 5.00 Å². The molecular formula is C28H27N5OS3. The van der Waals surface area contributed by atoms with Gasteiger partial charge in [0.25, 0.3) is 0 Å². The molecule has 3 heterocycles. The van der Waals surface area contributed by atoms with E-state index in [2.05, 4.69) is 52.6 Å². The number of benzene rings is 1. The van der Waals surface area contributed by atoms with Crippen LogP contribution >= 0.6 is 34.4 Å². The molecule has 0 unspecified atom stereocenters. The maximum Gasteiger partial charge on any atom is 0.235 e. The SMILES string of the molecule is C=CCn1c(SCC(=O)Nc2sc3c(c2C#N)CCCCC3)nnc1-c1csc(C)c1-c1ccccc1. The van der Waals surface area contributed by atoms with Crippen LogP contribution in [0, 0.1) is 18.3 Å². The Hall–Kier alpha value is -3.19. The zero-order valence-corrected chi connectivity index (χ0v) is 23.1. The highest BCUT2D eigenvalue weighted by atomic mass is 32.2. The zero-order valence-electron chi connectivity index (χ0n) is 20.6. The second-order valence-corrected chi connectivity index (χ2v) is 12.0. The van der Waals surface area contributed by atoms with Gasteiger partial charge >= 0.3 is 0 Å². The Balaban J connectivity index is 1.36. The van der Waals surface area contributed by atoms with E-state index in [0.717, 1.165) is 53.8 Å². The second kappa shape index (κ2) is 11.5. The Bertz CT molecular complexity index is 1480. The number of carbonyl (C=O) groups is 1. The van der Waals surface area contributed by atoms with Crippen LogP contribution in [0.15, 0.2) is 53.5 Å². The van der Waals surface area contributed by atoms with E-state index >= 15 is 0 Å². The van der Waals surface area contributed by atoms with Crippen molar-refractivity contribution < 1.29 is 4.79 Å². The molecule has 1 amide bonds. The molecule has 0 fully saturated rings. The molecule has 4 aromatic rings. The molecule has 5 rings (SSSR count). The van der Waals surface area contributed by atoms with Crippen LogP contribution in [0.25, 0.3) is 22.5 Å². The summed E-state index contributed by atoms with van der Waals surface area (Å²) in [5.41, 5.74) is 5.08. The summed E-state index contributed by atoms with van der Waals surface area (Å²) in [6.45, 7) is 6.56. The Kier molecular flexibility index (Phi) is 7.89. The van der Waals surface area contributed by atoms with Gasteiger partial charge in [-0.1, -0.05) is 54.6 Å². The summed E-state index contributed by atoms with van der Waals surface area (Å²) in [7, 11) is 0. The van der Waals surface area contributed by atoms with Crippen molar-refractivity contribution in [2.24, 2.45) is 0 Å². The number of thioether (sulfide) groups is 1. The first-order valence-electron chi connectivity index (χ1n) is 12.3. The van der Waals surface area contributed by atoms with Gasteiger partial charge < -0.3 is 5.32 Å². The van der Waals surface area contributed by atoms with Crippen LogP contribution < -0.4 is 5.32 Å². The summed E-state index contributed by atoms with van der Waals surface area (Å²) in [5, 5.41) is 25.2. The summed E-state index contributed by atoms with van der Waals surface area (Å²) in [4.78, 5) is 15.4. The Labute approximate surface area is 229 Å². The molecule has 1 aliphatic carbocycles. The Morgan fingerprint density at radius 1 is 1.24 bits per heavy atom. The third kappa shape index (κ3) is 5.28. The molecule has 0 saturated carbocycles. The number of rotatable bonds is 8. The number of aryl methyl sites for hydroxylation is 2. The average molecular weight is 546 g/mol. The number of fused-ring (bicyclic) bond motifs is 1. The molecule has 9 heteroatoms. The standard InChI is InChI=1S/C28H27N5OS3/c1-3-14-33-26(22-16-35-18(2)25(22)19-10-6-4-7-11-19)31-32-28(33)36-17-24(34)30-27-21(15-29)20-12-8-5-9-13-23(20)37-27/h3-4,6-7,10-11,16H,1,5,8-9,12-14,17H2,2H3,(H,30,34). The number of nitrogens with zero attached hydrogens (tertiary/aromatic N) is 4. The van der Waals surface area contributed by atoms with Gasteiger partial charge in [0, 0.05) is 32.8 Å². The largest absolute Gasteiger partial charge is 0.316 e. The maximum absolute atomic E-state index is 12.9. The monoisotopic (exact) mass is 545 g/mol. The van der Waals surface area contributed by atoms with Gasteiger partial charge in [-0.2, -0.15) is 5.26 Å². The van der Waals surface area contributed by atoms with Crippen LogP contribution in [0.2, 0.25) is 0 Å². The van der Waals surface area contributed by atoms with E-state index in [1.807, 2.05) is 28.8 Å². The van der Waals surface area contributed by atoms with E-state index in [4.69, 9.17) is 0 Å². The van der Waals surface area contributed by atoms with Crippen molar-refractivity contribution in [3.8, 4) is 28.6 Å². The third-order valence-electron chi connectivity index (χ3n) is 6.43. The number of anilines is 1. The number of carbonyl (C=O) groups excluding carboxylic acids is 1. The normalized spacial score (nSPS) is 13.0. The number of nitrogens with one attached hydrogen (secondary N) is 1. The number of allylic oxidation sites excluding steroid dienone is 1. The predicted octanol–water partition coefficient (Wildman–Crippen LogP) is 7.10. The number of hydrogen-bond donors (Lipinski definition) is 1. The molecule has 0 bridgehead atoms. The first-order chi connectivity index (χ1) is 18.1. The number of thiophene rings is 2. The quantitative estimate of drug-likeness (QED) is 0.145. The Morgan fingerprint density at radius 2 is 2.05 bits per heavy atom. The first kappa shape index (κ1) is 25.5. The molecule has 0 radical (unpaired) electrons. The molecule has 1 aliphatic rings. The fourth-order valence-corrected chi connectivity index (χ4v) is 7.58. The van der Waals surface area contributed by atoms with E-state index in [9.17, 15) is 10.1 Å². The minimum Gasteiger partial charge on any atom is -0.316 e. The van der Waals surface area contributed by atoms with Gasteiger partial charge in [0.15, 0.2) is 11.0 Å². The molecule has 1 aromatic carbocycles. The summed E-state index contributed by atoms with van der Waals surface area (Å²) in [5.74, 6) is 0.792. The lowest BCUT2D eigenvalue weighted by Crippen LogP contribution is -2.14.